The van der Waals surface area contributed by atoms with Gasteiger partial charge in [0.25, 0.3) is 10.0 Å². The average molecular weight is 334 g/mol. The van der Waals surface area contributed by atoms with Gasteiger partial charge in [0.05, 0.1) is 5.69 Å². The number of rotatable bonds is 5. The molecule has 0 saturated heterocycles. The van der Waals surface area contributed by atoms with Crippen molar-refractivity contribution in [1.29, 1.82) is 0 Å². The van der Waals surface area contributed by atoms with Gasteiger partial charge in [0, 0.05) is 6.04 Å². The van der Waals surface area contributed by atoms with Crippen molar-refractivity contribution < 1.29 is 8.42 Å². The summed E-state index contributed by atoms with van der Waals surface area (Å²) < 4.78 is 29.1. The maximum atomic E-state index is 12.2. The third-order valence-corrected chi connectivity index (χ3v) is 6.11. The summed E-state index contributed by atoms with van der Waals surface area (Å²) in [6.45, 7) is 1.82. The van der Waals surface area contributed by atoms with Crippen molar-refractivity contribution in [2.24, 2.45) is 0 Å². The number of benzene rings is 1. The van der Waals surface area contributed by atoms with Crippen molar-refractivity contribution in [3.05, 3.63) is 60.0 Å². The van der Waals surface area contributed by atoms with Crippen LogP contribution in [0.2, 0.25) is 0 Å². The summed E-state index contributed by atoms with van der Waals surface area (Å²) in [6.07, 6.45) is 3.07. The summed E-state index contributed by atoms with van der Waals surface area (Å²) in [7, 11) is -3.48. The highest BCUT2D eigenvalue weighted by Crippen LogP contribution is 2.21. The molecule has 0 aliphatic rings. The fourth-order valence-electron chi connectivity index (χ4n) is 2.03. The van der Waals surface area contributed by atoms with Crippen LogP contribution in [0.4, 0.5) is 0 Å². The van der Waals surface area contributed by atoms with Gasteiger partial charge < -0.3 is 0 Å². The van der Waals surface area contributed by atoms with Gasteiger partial charge in [-0.15, -0.1) is 11.3 Å². The van der Waals surface area contributed by atoms with Crippen molar-refractivity contribution in [3.63, 3.8) is 0 Å². The highest BCUT2D eigenvalue weighted by atomic mass is 32.2. The maximum absolute atomic E-state index is 12.2. The van der Waals surface area contributed by atoms with Crippen LogP contribution in [0.25, 0.3) is 5.69 Å². The largest absolute Gasteiger partial charge is 0.250 e. The third kappa shape index (κ3) is 3.08. The lowest BCUT2D eigenvalue weighted by Gasteiger charge is -2.14. The van der Waals surface area contributed by atoms with E-state index in [0.717, 1.165) is 11.3 Å². The minimum atomic E-state index is -3.48. The van der Waals surface area contributed by atoms with Gasteiger partial charge in [-0.1, -0.05) is 18.2 Å². The minimum absolute atomic E-state index is 0.318. The Bertz CT molecular complexity index is 826. The summed E-state index contributed by atoms with van der Waals surface area (Å²) >= 11 is 1.20. The molecule has 1 aromatic carbocycles. The molecule has 6 nitrogen and oxygen atoms in total. The monoisotopic (exact) mass is 334 g/mol. The summed E-state index contributed by atoms with van der Waals surface area (Å²) in [5, 5.41) is 5.79. The quantitative estimate of drug-likeness (QED) is 0.777. The molecule has 8 heteroatoms. The molecule has 3 rings (SSSR count). The first-order valence-corrected chi connectivity index (χ1v) is 8.93. The van der Waals surface area contributed by atoms with E-state index in [9.17, 15) is 8.42 Å². The highest BCUT2D eigenvalue weighted by Gasteiger charge is 2.19. The normalized spacial score (nSPS) is 13.1. The molecule has 0 spiro atoms. The molecule has 2 aromatic heterocycles. The van der Waals surface area contributed by atoms with E-state index in [2.05, 4.69) is 14.8 Å². The van der Waals surface area contributed by atoms with E-state index in [0.29, 0.717) is 4.21 Å². The van der Waals surface area contributed by atoms with Crippen LogP contribution in [-0.2, 0) is 10.0 Å². The van der Waals surface area contributed by atoms with E-state index in [1.165, 1.54) is 17.7 Å². The molecule has 22 heavy (non-hydrogen) atoms. The lowest BCUT2D eigenvalue weighted by molar-refractivity contribution is 0.569. The molecule has 114 valence electrons. The van der Waals surface area contributed by atoms with E-state index in [1.54, 1.807) is 28.5 Å². The third-order valence-electron chi connectivity index (χ3n) is 3.17. The van der Waals surface area contributed by atoms with Crippen LogP contribution in [0.5, 0.6) is 0 Å². The number of nitrogens with one attached hydrogen (secondary N) is 1. The zero-order valence-electron chi connectivity index (χ0n) is 11.7. The van der Waals surface area contributed by atoms with Crippen LogP contribution >= 0.6 is 11.3 Å². The van der Waals surface area contributed by atoms with E-state index in [1.807, 2.05) is 31.2 Å². The SMILES string of the molecule is CC(NS(=O)(=O)c1cccs1)c1ccc(-n2cncn2)cc1. The molecule has 0 bridgehead atoms. The number of hydrogen-bond acceptors (Lipinski definition) is 5. The van der Waals surface area contributed by atoms with Crippen molar-refractivity contribution >= 4 is 21.4 Å². The zero-order valence-corrected chi connectivity index (χ0v) is 13.4. The highest BCUT2D eigenvalue weighted by molar-refractivity contribution is 7.91. The van der Waals surface area contributed by atoms with Crippen LogP contribution in [0.3, 0.4) is 0 Å². The number of thiophene rings is 1. The Morgan fingerprint density at radius 2 is 2.00 bits per heavy atom. The molecule has 2 heterocycles. The minimum Gasteiger partial charge on any atom is -0.223 e. The lowest BCUT2D eigenvalue weighted by Crippen LogP contribution is -2.26. The van der Waals surface area contributed by atoms with Crippen LogP contribution < -0.4 is 4.72 Å². The van der Waals surface area contributed by atoms with Crippen molar-refractivity contribution in [2.75, 3.05) is 0 Å². The Hall–Kier alpha value is -2.03. The number of aromatic nitrogens is 3. The molecule has 0 amide bonds. The smallest absolute Gasteiger partial charge is 0.223 e. The molecule has 1 N–H and O–H groups in total. The van der Waals surface area contributed by atoms with Crippen LogP contribution in [0, 0.1) is 0 Å². The van der Waals surface area contributed by atoms with Gasteiger partial charge in [-0.05, 0) is 36.1 Å². The molecule has 0 radical (unpaired) electrons. The number of sulfonamides is 1. The molecule has 0 aliphatic carbocycles. The Balaban J connectivity index is 1.77. The number of hydrogen-bond donors (Lipinski definition) is 1. The lowest BCUT2D eigenvalue weighted by atomic mass is 10.1. The summed E-state index contributed by atoms with van der Waals surface area (Å²) in [5.74, 6) is 0. The second-order valence-electron chi connectivity index (χ2n) is 4.71. The summed E-state index contributed by atoms with van der Waals surface area (Å²) in [4.78, 5) is 3.89. The Labute approximate surface area is 132 Å². The maximum Gasteiger partial charge on any atom is 0.250 e. The standard InChI is InChI=1S/C14H14N4O2S2/c1-11(17-22(19,20)14-3-2-8-21-14)12-4-6-13(7-5-12)18-10-15-9-16-18/h2-11,17H,1H3. The van der Waals surface area contributed by atoms with Gasteiger partial charge in [0.15, 0.2) is 0 Å². The van der Waals surface area contributed by atoms with Gasteiger partial charge in [0.1, 0.15) is 16.9 Å². The molecule has 0 saturated carbocycles. The molecular weight excluding hydrogens is 320 g/mol. The van der Waals surface area contributed by atoms with E-state index in [-0.39, 0.29) is 6.04 Å². The topological polar surface area (TPSA) is 76.9 Å². The Morgan fingerprint density at radius 1 is 1.23 bits per heavy atom. The van der Waals surface area contributed by atoms with Crippen LogP contribution in [-0.4, -0.2) is 23.2 Å². The van der Waals surface area contributed by atoms with E-state index < -0.39 is 10.0 Å². The molecule has 1 atom stereocenters. The Kier molecular flexibility index (Phi) is 4.06. The van der Waals surface area contributed by atoms with E-state index in [4.69, 9.17) is 0 Å². The van der Waals surface area contributed by atoms with Gasteiger partial charge in [-0.3, -0.25) is 0 Å². The fourth-order valence-corrected chi connectivity index (χ4v) is 4.27. The second kappa shape index (κ2) is 5.99. The molecule has 0 fully saturated rings. The number of nitrogens with zero attached hydrogens (tertiary/aromatic N) is 3. The predicted molar refractivity (Wildman–Crippen MR) is 84.4 cm³/mol. The zero-order chi connectivity index (χ0) is 15.6. The molecule has 1 unspecified atom stereocenters. The summed E-state index contributed by atoms with van der Waals surface area (Å²) in [5.41, 5.74) is 1.75. The summed E-state index contributed by atoms with van der Waals surface area (Å²) in [6, 6.07) is 10.5. The van der Waals surface area contributed by atoms with Gasteiger partial charge >= 0.3 is 0 Å². The van der Waals surface area contributed by atoms with Gasteiger partial charge in [-0.2, -0.15) is 5.10 Å². The first-order valence-electron chi connectivity index (χ1n) is 6.57. The first kappa shape index (κ1) is 14.9. The second-order valence-corrected chi connectivity index (χ2v) is 7.60. The predicted octanol–water partition coefficient (Wildman–Crippen LogP) is 2.37. The molecular formula is C14H14N4O2S2. The van der Waals surface area contributed by atoms with Gasteiger partial charge in [0.2, 0.25) is 0 Å². The van der Waals surface area contributed by atoms with Crippen molar-refractivity contribution in [2.45, 2.75) is 17.2 Å². The average Bonchev–Trinajstić information content (AvgIpc) is 3.20. The van der Waals surface area contributed by atoms with Crippen LogP contribution in [0.1, 0.15) is 18.5 Å². The van der Waals surface area contributed by atoms with Crippen LogP contribution in [0.15, 0.2) is 58.6 Å². The van der Waals surface area contributed by atoms with E-state index >= 15 is 0 Å². The van der Waals surface area contributed by atoms with Crippen molar-refractivity contribution in [3.8, 4) is 5.69 Å². The van der Waals surface area contributed by atoms with Gasteiger partial charge in [-0.25, -0.2) is 22.8 Å². The Morgan fingerprint density at radius 3 is 2.59 bits per heavy atom. The fraction of sp³-hybridized carbons (Fsp3) is 0.143. The molecule has 0 aliphatic heterocycles. The van der Waals surface area contributed by atoms with Crippen molar-refractivity contribution in [1.82, 2.24) is 19.5 Å². The molecule has 3 aromatic rings. The first-order chi connectivity index (χ1) is 10.6.